The van der Waals surface area contributed by atoms with Gasteiger partial charge in [0.15, 0.2) is 0 Å². The van der Waals surface area contributed by atoms with Crippen LogP contribution in [0.15, 0.2) is 23.3 Å². The summed E-state index contributed by atoms with van der Waals surface area (Å²) in [6.07, 6.45) is 7.90. The standard InChI is InChI=1S/C10H15.Zr/c1-4-9-5-6-10(7-9)8(2)3;/h5-8H,4H2,1-3H3;. The molecule has 0 N–H and O–H groups in total. The number of hydrogen-bond acceptors (Lipinski definition) is 0. The van der Waals surface area contributed by atoms with E-state index in [0.29, 0.717) is 5.92 Å². The molecule has 0 saturated carbocycles. The van der Waals surface area contributed by atoms with Gasteiger partial charge in [0, 0.05) is 32.6 Å². The van der Waals surface area contributed by atoms with Crippen molar-refractivity contribution in [2.75, 3.05) is 0 Å². The summed E-state index contributed by atoms with van der Waals surface area (Å²) < 4.78 is 0. The van der Waals surface area contributed by atoms with Gasteiger partial charge in [-0.3, -0.25) is 0 Å². The second kappa shape index (κ2) is 5.09. The van der Waals surface area contributed by atoms with E-state index in [2.05, 4.69) is 39.3 Å². The second-order valence-electron chi connectivity index (χ2n) is 3.06. The predicted octanol–water partition coefficient (Wildman–Crippen LogP) is 3.12. The minimum absolute atomic E-state index is 0. The quantitative estimate of drug-likeness (QED) is 0.679. The summed E-state index contributed by atoms with van der Waals surface area (Å²) >= 11 is 0. The van der Waals surface area contributed by atoms with Crippen LogP contribution in [0.1, 0.15) is 27.2 Å². The molecule has 1 heteroatoms. The Kier molecular flexibility index (Phi) is 5.26. The van der Waals surface area contributed by atoms with Crippen LogP contribution in [-0.2, 0) is 26.2 Å². The third kappa shape index (κ3) is 3.07. The summed E-state index contributed by atoms with van der Waals surface area (Å²) in [5, 5.41) is 0. The molecule has 0 spiro atoms. The molecule has 1 rings (SSSR count). The van der Waals surface area contributed by atoms with E-state index < -0.39 is 0 Å². The average Bonchev–Trinajstić information content (AvgIpc) is 2.34. The molecule has 0 aliphatic heterocycles. The van der Waals surface area contributed by atoms with Crippen LogP contribution in [-0.4, -0.2) is 0 Å². The molecule has 0 amide bonds. The van der Waals surface area contributed by atoms with E-state index in [-0.39, 0.29) is 26.2 Å². The molecule has 0 bridgehead atoms. The van der Waals surface area contributed by atoms with Crippen LogP contribution in [0.3, 0.4) is 0 Å². The molecule has 1 aliphatic rings. The van der Waals surface area contributed by atoms with Crippen molar-refractivity contribution in [3.05, 3.63) is 29.7 Å². The van der Waals surface area contributed by atoms with Gasteiger partial charge < -0.3 is 0 Å². The van der Waals surface area contributed by atoms with Crippen LogP contribution in [0.4, 0.5) is 0 Å². The van der Waals surface area contributed by atoms with E-state index in [1.165, 1.54) is 11.1 Å². The Hall–Kier alpha value is 0.363. The molecule has 1 radical (unpaired) electrons. The Balaban J connectivity index is 0.000001000. The van der Waals surface area contributed by atoms with Gasteiger partial charge in [0.25, 0.3) is 0 Å². The van der Waals surface area contributed by atoms with Crippen LogP contribution < -0.4 is 0 Å². The van der Waals surface area contributed by atoms with Crippen LogP contribution in [0, 0.1) is 12.3 Å². The second-order valence-corrected chi connectivity index (χ2v) is 3.06. The summed E-state index contributed by atoms with van der Waals surface area (Å²) in [7, 11) is 0. The van der Waals surface area contributed by atoms with Crippen molar-refractivity contribution in [1.29, 1.82) is 0 Å². The monoisotopic (exact) mass is 225 g/mol. The van der Waals surface area contributed by atoms with Crippen LogP contribution in [0.25, 0.3) is 0 Å². The Bertz CT molecular complexity index is 175. The summed E-state index contributed by atoms with van der Waals surface area (Å²) in [5.41, 5.74) is 2.93. The molecule has 0 aromatic rings. The summed E-state index contributed by atoms with van der Waals surface area (Å²) in [6.45, 7) is 6.66. The van der Waals surface area contributed by atoms with Gasteiger partial charge in [-0.2, -0.15) is 0 Å². The Morgan fingerprint density at radius 3 is 2.27 bits per heavy atom. The van der Waals surface area contributed by atoms with E-state index in [1.54, 1.807) is 0 Å². The summed E-state index contributed by atoms with van der Waals surface area (Å²) in [5.74, 6) is 0.681. The fourth-order valence-electron chi connectivity index (χ4n) is 1.09. The van der Waals surface area contributed by atoms with E-state index in [9.17, 15) is 0 Å². The molecular weight excluding hydrogens is 211 g/mol. The number of hydrogen-bond donors (Lipinski definition) is 0. The van der Waals surface area contributed by atoms with Crippen LogP contribution in [0.5, 0.6) is 0 Å². The van der Waals surface area contributed by atoms with E-state index >= 15 is 0 Å². The van der Waals surface area contributed by atoms with Crippen LogP contribution >= 0.6 is 0 Å². The first-order chi connectivity index (χ1) is 4.74. The molecule has 0 heterocycles. The van der Waals surface area contributed by atoms with Gasteiger partial charge in [-0.1, -0.05) is 44.1 Å². The zero-order chi connectivity index (χ0) is 7.56. The molecule has 11 heavy (non-hydrogen) atoms. The number of allylic oxidation sites excluding steroid dienone is 4. The predicted molar refractivity (Wildman–Crippen MR) is 45.6 cm³/mol. The van der Waals surface area contributed by atoms with E-state index in [1.807, 2.05) is 0 Å². The largest absolute Gasteiger partial charge is 0.0732 e. The third-order valence-electron chi connectivity index (χ3n) is 1.92. The van der Waals surface area contributed by atoms with Crippen molar-refractivity contribution in [2.45, 2.75) is 27.2 Å². The van der Waals surface area contributed by atoms with Gasteiger partial charge in [-0.05, 0) is 12.3 Å². The molecule has 0 fully saturated rings. The van der Waals surface area contributed by atoms with E-state index in [0.717, 1.165) is 6.42 Å². The van der Waals surface area contributed by atoms with Crippen molar-refractivity contribution in [1.82, 2.24) is 0 Å². The third-order valence-corrected chi connectivity index (χ3v) is 1.92. The van der Waals surface area contributed by atoms with Crippen LogP contribution in [0.2, 0.25) is 0 Å². The first-order valence-electron chi connectivity index (χ1n) is 3.99. The zero-order valence-electron chi connectivity index (χ0n) is 7.52. The normalized spacial score (nSPS) is 16.0. The molecule has 0 atom stereocenters. The Morgan fingerprint density at radius 1 is 1.36 bits per heavy atom. The van der Waals surface area contributed by atoms with Crippen molar-refractivity contribution in [3.63, 3.8) is 0 Å². The molecule has 59 valence electrons. The summed E-state index contributed by atoms with van der Waals surface area (Å²) in [4.78, 5) is 0. The van der Waals surface area contributed by atoms with Crippen molar-refractivity contribution in [2.24, 2.45) is 5.92 Å². The minimum Gasteiger partial charge on any atom is -0.0732 e. The van der Waals surface area contributed by atoms with Gasteiger partial charge >= 0.3 is 0 Å². The first-order valence-corrected chi connectivity index (χ1v) is 3.99. The molecule has 0 aromatic heterocycles. The van der Waals surface area contributed by atoms with Crippen molar-refractivity contribution >= 4 is 0 Å². The minimum atomic E-state index is 0. The SMILES string of the molecule is CCC1=C[CH]C(C(C)C)=C1.[Zr]. The molecule has 0 unspecified atom stereocenters. The fourth-order valence-corrected chi connectivity index (χ4v) is 1.09. The smallest absolute Gasteiger partial charge is 0.00890 e. The van der Waals surface area contributed by atoms with Crippen molar-refractivity contribution < 1.29 is 26.2 Å². The fraction of sp³-hybridized carbons (Fsp3) is 0.500. The van der Waals surface area contributed by atoms with E-state index in [4.69, 9.17) is 0 Å². The average molecular weight is 226 g/mol. The number of rotatable bonds is 2. The summed E-state index contributed by atoms with van der Waals surface area (Å²) in [6, 6.07) is 0. The van der Waals surface area contributed by atoms with Gasteiger partial charge in [-0.15, -0.1) is 0 Å². The first kappa shape index (κ1) is 11.4. The molecule has 1 aliphatic carbocycles. The van der Waals surface area contributed by atoms with Gasteiger partial charge in [-0.25, -0.2) is 0 Å². The van der Waals surface area contributed by atoms with Gasteiger partial charge in [0.2, 0.25) is 0 Å². The van der Waals surface area contributed by atoms with Gasteiger partial charge in [0.1, 0.15) is 0 Å². The maximum atomic E-state index is 2.30. The molecule has 0 nitrogen and oxygen atoms in total. The topological polar surface area (TPSA) is 0 Å². The Labute approximate surface area is 88.9 Å². The molecule has 0 saturated heterocycles. The zero-order valence-corrected chi connectivity index (χ0v) is 9.97. The maximum Gasteiger partial charge on any atom is 0.00890 e. The molecule has 0 aromatic carbocycles. The Morgan fingerprint density at radius 2 is 2.00 bits per heavy atom. The maximum absolute atomic E-state index is 2.30. The van der Waals surface area contributed by atoms with Crippen molar-refractivity contribution in [3.8, 4) is 0 Å². The van der Waals surface area contributed by atoms with Gasteiger partial charge in [0.05, 0.1) is 0 Å². The molecular formula is C10H15Zr.